The Bertz CT molecular complexity index is 938. The van der Waals surface area contributed by atoms with E-state index in [0.717, 1.165) is 0 Å². The van der Waals surface area contributed by atoms with Gasteiger partial charge in [0.15, 0.2) is 0 Å². The van der Waals surface area contributed by atoms with Crippen molar-refractivity contribution in [1.29, 1.82) is 0 Å². The summed E-state index contributed by atoms with van der Waals surface area (Å²) < 4.78 is 18.8. The van der Waals surface area contributed by atoms with Gasteiger partial charge in [0.1, 0.15) is 5.82 Å². The monoisotopic (exact) mass is 354 g/mol. The van der Waals surface area contributed by atoms with Crippen molar-refractivity contribution in [2.24, 2.45) is 0 Å². The van der Waals surface area contributed by atoms with Crippen molar-refractivity contribution in [3.05, 3.63) is 65.8 Å². The highest BCUT2D eigenvalue weighted by molar-refractivity contribution is 6.39. The minimum Gasteiger partial charge on any atom is -0.421 e. The third-order valence-electron chi connectivity index (χ3n) is 3.52. The first kappa shape index (κ1) is 17.3. The van der Waals surface area contributed by atoms with Crippen molar-refractivity contribution in [2.75, 3.05) is 5.32 Å². The number of hydrogen-bond donors (Lipinski definition) is 2. The van der Waals surface area contributed by atoms with Gasteiger partial charge < -0.3 is 15.1 Å². The average Bonchev–Trinajstić information content (AvgIpc) is 3.07. The van der Waals surface area contributed by atoms with Crippen LogP contribution in [0.2, 0.25) is 0 Å². The van der Waals surface area contributed by atoms with Gasteiger partial charge in [-0.15, -0.1) is 10.2 Å². The minimum atomic E-state index is -0.857. The fourth-order valence-corrected chi connectivity index (χ4v) is 2.19. The van der Waals surface area contributed by atoms with Gasteiger partial charge >= 0.3 is 11.8 Å². The van der Waals surface area contributed by atoms with Crippen molar-refractivity contribution in [2.45, 2.75) is 13.5 Å². The van der Waals surface area contributed by atoms with E-state index in [-0.39, 0.29) is 6.54 Å². The number of aryl methyl sites for hydroxylation is 1. The van der Waals surface area contributed by atoms with Crippen LogP contribution in [0.15, 0.2) is 52.9 Å². The Morgan fingerprint density at radius 1 is 1.04 bits per heavy atom. The Morgan fingerprint density at radius 3 is 2.42 bits per heavy atom. The molecule has 26 heavy (non-hydrogen) atoms. The number of aromatic nitrogens is 2. The molecule has 8 heteroatoms. The topological polar surface area (TPSA) is 97.1 Å². The first-order chi connectivity index (χ1) is 12.5. The lowest BCUT2D eigenvalue weighted by atomic mass is 10.2. The maximum atomic E-state index is 13.5. The quantitative estimate of drug-likeness (QED) is 0.702. The van der Waals surface area contributed by atoms with Gasteiger partial charge in [0.2, 0.25) is 11.8 Å². The molecule has 0 spiro atoms. The van der Waals surface area contributed by atoms with E-state index in [1.165, 1.54) is 12.1 Å². The van der Waals surface area contributed by atoms with Crippen LogP contribution in [-0.2, 0) is 16.1 Å². The highest BCUT2D eigenvalue weighted by Gasteiger charge is 2.14. The molecule has 2 aromatic carbocycles. The van der Waals surface area contributed by atoms with Gasteiger partial charge in [-0.1, -0.05) is 18.2 Å². The van der Waals surface area contributed by atoms with Crippen molar-refractivity contribution < 1.29 is 18.4 Å². The summed E-state index contributed by atoms with van der Waals surface area (Å²) in [7, 11) is 0. The molecule has 0 aliphatic heterocycles. The van der Waals surface area contributed by atoms with Gasteiger partial charge in [-0.2, -0.15) is 0 Å². The number of carbonyl (C=O) groups excluding carboxylic acids is 2. The van der Waals surface area contributed by atoms with Crippen molar-refractivity contribution >= 4 is 17.5 Å². The summed E-state index contributed by atoms with van der Waals surface area (Å²) in [5.74, 6) is -1.33. The average molecular weight is 354 g/mol. The van der Waals surface area contributed by atoms with E-state index < -0.39 is 17.6 Å². The Morgan fingerprint density at radius 2 is 1.77 bits per heavy atom. The molecule has 0 radical (unpaired) electrons. The van der Waals surface area contributed by atoms with Crippen LogP contribution in [0.4, 0.5) is 10.1 Å². The predicted octanol–water partition coefficient (Wildman–Crippen LogP) is 2.44. The normalized spacial score (nSPS) is 10.4. The molecule has 0 saturated carbocycles. The largest absolute Gasteiger partial charge is 0.421 e. The fourth-order valence-electron chi connectivity index (χ4n) is 2.19. The molecule has 0 fully saturated rings. The molecule has 2 N–H and O–H groups in total. The van der Waals surface area contributed by atoms with E-state index in [9.17, 15) is 14.0 Å². The number of hydrogen-bond acceptors (Lipinski definition) is 5. The number of benzene rings is 2. The number of halogens is 1. The molecule has 1 heterocycles. The number of carbonyl (C=O) groups is 2. The molecule has 0 aliphatic rings. The number of anilines is 1. The summed E-state index contributed by atoms with van der Waals surface area (Å²) in [6, 6.07) is 12.6. The zero-order chi connectivity index (χ0) is 18.5. The van der Waals surface area contributed by atoms with Gasteiger partial charge in [-0.3, -0.25) is 9.59 Å². The van der Waals surface area contributed by atoms with Crippen LogP contribution in [0.5, 0.6) is 0 Å². The van der Waals surface area contributed by atoms with Gasteiger partial charge in [0.25, 0.3) is 0 Å². The molecule has 0 atom stereocenters. The van der Waals surface area contributed by atoms with Crippen LogP contribution in [0.3, 0.4) is 0 Å². The first-order valence-corrected chi connectivity index (χ1v) is 7.76. The second-order valence-electron chi connectivity index (χ2n) is 5.43. The molecular weight excluding hydrogens is 339 g/mol. The lowest BCUT2D eigenvalue weighted by Crippen LogP contribution is -2.35. The van der Waals surface area contributed by atoms with Gasteiger partial charge in [-0.05, 0) is 30.3 Å². The lowest BCUT2D eigenvalue weighted by molar-refractivity contribution is -0.136. The summed E-state index contributed by atoms with van der Waals surface area (Å²) in [6.07, 6.45) is 0. The Hall–Kier alpha value is -3.55. The highest BCUT2D eigenvalue weighted by atomic mass is 19.1. The van der Waals surface area contributed by atoms with Crippen molar-refractivity contribution in [3.63, 3.8) is 0 Å². The van der Waals surface area contributed by atoms with Crippen LogP contribution < -0.4 is 10.6 Å². The number of nitrogens with one attached hydrogen (secondary N) is 2. The summed E-state index contributed by atoms with van der Waals surface area (Å²) in [5.41, 5.74) is 1.41. The predicted molar refractivity (Wildman–Crippen MR) is 91.3 cm³/mol. The lowest BCUT2D eigenvalue weighted by Gasteiger charge is -2.07. The van der Waals surface area contributed by atoms with Crippen LogP contribution in [0, 0.1) is 12.7 Å². The molecule has 3 rings (SSSR count). The molecule has 3 aromatic rings. The number of nitrogens with zero attached hydrogens (tertiary/aromatic N) is 2. The molecule has 0 bridgehead atoms. The molecule has 0 saturated heterocycles. The second kappa shape index (κ2) is 7.56. The molecule has 132 valence electrons. The second-order valence-corrected chi connectivity index (χ2v) is 5.43. The van der Waals surface area contributed by atoms with Gasteiger partial charge in [-0.25, -0.2) is 4.39 Å². The Balaban J connectivity index is 1.57. The van der Waals surface area contributed by atoms with Crippen molar-refractivity contribution in [1.82, 2.24) is 15.5 Å². The minimum absolute atomic E-state index is 0.0750. The van der Waals surface area contributed by atoms with Gasteiger partial charge in [0, 0.05) is 30.3 Å². The summed E-state index contributed by atoms with van der Waals surface area (Å²) in [4.78, 5) is 23.8. The summed E-state index contributed by atoms with van der Waals surface area (Å²) in [6.45, 7) is 1.61. The third-order valence-corrected chi connectivity index (χ3v) is 3.52. The van der Waals surface area contributed by atoms with E-state index in [1.807, 2.05) is 0 Å². The molecule has 2 amide bonds. The van der Waals surface area contributed by atoms with Crippen molar-refractivity contribution in [3.8, 4) is 11.5 Å². The number of rotatable bonds is 4. The molecular formula is C18H15FN4O3. The number of amides is 2. The van der Waals surface area contributed by atoms with E-state index in [0.29, 0.717) is 28.6 Å². The molecule has 7 nitrogen and oxygen atoms in total. The first-order valence-electron chi connectivity index (χ1n) is 7.76. The molecule has 0 unspecified atom stereocenters. The van der Waals surface area contributed by atoms with Crippen LogP contribution in [0.1, 0.15) is 11.5 Å². The SMILES string of the molecule is Cc1nnc(-c2ccc(NC(=O)C(=O)NCc3ccccc3F)cc2)o1. The third kappa shape index (κ3) is 4.10. The molecule has 0 aliphatic carbocycles. The van der Waals surface area contributed by atoms with Crippen LogP contribution >= 0.6 is 0 Å². The van der Waals surface area contributed by atoms with E-state index in [2.05, 4.69) is 20.8 Å². The summed E-state index contributed by atoms with van der Waals surface area (Å²) in [5, 5.41) is 12.5. The van der Waals surface area contributed by atoms with Crippen LogP contribution in [0.25, 0.3) is 11.5 Å². The smallest absolute Gasteiger partial charge is 0.313 e. The molecule has 1 aromatic heterocycles. The van der Waals surface area contributed by atoms with E-state index in [1.54, 1.807) is 43.3 Å². The Kier molecular flexibility index (Phi) is 5.02. The zero-order valence-electron chi connectivity index (χ0n) is 13.8. The maximum Gasteiger partial charge on any atom is 0.313 e. The van der Waals surface area contributed by atoms with E-state index in [4.69, 9.17) is 4.42 Å². The standard InChI is InChI=1S/C18H15FN4O3/c1-11-22-23-18(26-11)12-6-8-14(9-7-12)21-17(25)16(24)20-10-13-4-2-3-5-15(13)19/h2-9H,10H2,1H3,(H,20,24)(H,21,25). The zero-order valence-corrected chi connectivity index (χ0v) is 13.8. The summed E-state index contributed by atoms with van der Waals surface area (Å²) >= 11 is 0. The van der Waals surface area contributed by atoms with E-state index >= 15 is 0 Å². The maximum absolute atomic E-state index is 13.5. The highest BCUT2D eigenvalue weighted by Crippen LogP contribution is 2.20. The Labute approximate surface area is 148 Å². The van der Waals surface area contributed by atoms with Crippen LogP contribution in [-0.4, -0.2) is 22.0 Å². The van der Waals surface area contributed by atoms with Gasteiger partial charge in [0.05, 0.1) is 0 Å². The fraction of sp³-hybridized carbons (Fsp3) is 0.111.